The van der Waals surface area contributed by atoms with Crippen LogP contribution < -0.4 is 9.47 Å². The third-order valence-electron chi connectivity index (χ3n) is 4.19. The summed E-state index contributed by atoms with van der Waals surface area (Å²) in [6.45, 7) is 7.37. The Hall–Kier alpha value is -1.51. The molecule has 0 spiro atoms. The van der Waals surface area contributed by atoms with Gasteiger partial charge in [0.25, 0.3) is 0 Å². The van der Waals surface area contributed by atoms with Crippen LogP contribution in [0.3, 0.4) is 0 Å². The van der Waals surface area contributed by atoms with Gasteiger partial charge in [0.2, 0.25) is 6.79 Å². The van der Waals surface area contributed by atoms with Crippen LogP contribution in [0, 0.1) is 11.3 Å². The Labute approximate surface area is 121 Å². The monoisotopic (exact) mass is 273 g/mol. The van der Waals surface area contributed by atoms with E-state index < -0.39 is 0 Å². The maximum absolute atomic E-state index is 5.40. The molecule has 1 aromatic rings. The molecule has 1 aliphatic carbocycles. The Morgan fingerprint density at radius 2 is 2.00 bits per heavy atom. The number of benzene rings is 1. The van der Waals surface area contributed by atoms with Crippen LogP contribution in [0.1, 0.15) is 45.6 Å². The number of nitrogens with zero attached hydrogens (tertiary/aromatic N) is 1. The van der Waals surface area contributed by atoms with Crippen LogP contribution in [0.5, 0.6) is 11.5 Å². The zero-order chi connectivity index (χ0) is 14.2. The molecule has 3 nitrogen and oxygen atoms in total. The summed E-state index contributed by atoms with van der Waals surface area (Å²) in [5, 5.41) is 0. The van der Waals surface area contributed by atoms with Crippen molar-refractivity contribution in [1.82, 2.24) is 0 Å². The van der Waals surface area contributed by atoms with Gasteiger partial charge in [-0.3, -0.25) is 4.99 Å². The Balaban J connectivity index is 1.70. The van der Waals surface area contributed by atoms with Gasteiger partial charge in [-0.2, -0.15) is 0 Å². The molecule has 20 heavy (non-hydrogen) atoms. The van der Waals surface area contributed by atoms with Crippen LogP contribution >= 0.6 is 0 Å². The Bertz CT molecular complexity index is 522. The maximum Gasteiger partial charge on any atom is 0.231 e. The minimum absolute atomic E-state index is 0.324. The first-order valence-electron chi connectivity index (χ1n) is 7.45. The fourth-order valence-corrected chi connectivity index (χ4v) is 3.59. The van der Waals surface area contributed by atoms with Gasteiger partial charge >= 0.3 is 0 Å². The maximum atomic E-state index is 5.40. The number of fused-ring (bicyclic) bond motifs is 1. The average Bonchev–Trinajstić information content (AvgIpc) is 2.81. The molecule has 2 atom stereocenters. The second-order valence-corrected chi connectivity index (χ2v) is 6.96. The van der Waals surface area contributed by atoms with Gasteiger partial charge in [-0.15, -0.1) is 0 Å². The molecule has 0 unspecified atom stereocenters. The minimum atomic E-state index is 0.324. The molecule has 1 aliphatic heterocycles. The lowest BCUT2D eigenvalue weighted by atomic mass is 9.71. The summed E-state index contributed by atoms with van der Waals surface area (Å²) in [7, 11) is 0. The molecule has 1 saturated carbocycles. The van der Waals surface area contributed by atoms with Crippen LogP contribution in [0.25, 0.3) is 0 Å². The van der Waals surface area contributed by atoms with E-state index in [2.05, 4.69) is 20.8 Å². The van der Waals surface area contributed by atoms with Crippen molar-refractivity contribution in [2.75, 3.05) is 6.79 Å². The molecule has 2 aliphatic rings. The number of ether oxygens (including phenoxy) is 2. The topological polar surface area (TPSA) is 30.8 Å². The van der Waals surface area contributed by atoms with Gasteiger partial charge in [0.05, 0.1) is 6.04 Å². The highest BCUT2D eigenvalue weighted by molar-refractivity contribution is 5.81. The highest BCUT2D eigenvalue weighted by Crippen LogP contribution is 2.39. The van der Waals surface area contributed by atoms with Gasteiger partial charge in [0.15, 0.2) is 11.5 Å². The van der Waals surface area contributed by atoms with E-state index >= 15 is 0 Å². The predicted molar refractivity (Wildman–Crippen MR) is 80.7 cm³/mol. The molecule has 0 amide bonds. The summed E-state index contributed by atoms with van der Waals surface area (Å²) < 4.78 is 10.7. The minimum Gasteiger partial charge on any atom is -0.454 e. The standard InChI is InChI=1S/C17H23NO2/c1-12-6-14(9-17(2,3)8-12)18-10-13-4-5-15-16(7-13)20-11-19-15/h4-5,7,10,12,14H,6,8-9,11H2,1-3H3/t12-,14+/m1/s1. The zero-order valence-electron chi connectivity index (χ0n) is 12.6. The lowest BCUT2D eigenvalue weighted by molar-refractivity contribution is 0.171. The van der Waals surface area contributed by atoms with Gasteiger partial charge in [0.1, 0.15) is 0 Å². The quantitative estimate of drug-likeness (QED) is 0.761. The lowest BCUT2D eigenvalue weighted by Crippen LogP contribution is -2.29. The first kappa shape index (κ1) is 13.5. The lowest BCUT2D eigenvalue weighted by Gasteiger charge is -2.37. The Morgan fingerprint density at radius 1 is 1.20 bits per heavy atom. The van der Waals surface area contributed by atoms with Crippen molar-refractivity contribution < 1.29 is 9.47 Å². The number of hydrogen-bond acceptors (Lipinski definition) is 3. The van der Waals surface area contributed by atoms with Crippen molar-refractivity contribution in [3.8, 4) is 11.5 Å². The smallest absolute Gasteiger partial charge is 0.231 e. The van der Waals surface area contributed by atoms with Crippen molar-refractivity contribution in [3.63, 3.8) is 0 Å². The molecule has 1 aromatic carbocycles. The van der Waals surface area contributed by atoms with E-state index in [1.165, 1.54) is 19.3 Å². The number of aliphatic imine (C=N–C) groups is 1. The van der Waals surface area contributed by atoms with Gasteiger partial charge in [-0.05, 0) is 54.4 Å². The second kappa shape index (κ2) is 5.12. The highest BCUT2D eigenvalue weighted by atomic mass is 16.7. The third-order valence-corrected chi connectivity index (χ3v) is 4.19. The van der Waals surface area contributed by atoms with Crippen LogP contribution in [-0.4, -0.2) is 19.0 Å². The van der Waals surface area contributed by atoms with Crippen molar-refractivity contribution in [3.05, 3.63) is 23.8 Å². The van der Waals surface area contributed by atoms with E-state index in [0.29, 0.717) is 18.2 Å². The van der Waals surface area contributed by atoms with Gasteiger partial charge in [0, 0.05) is 6.21 Å². The van der Waals surface area contributed by atoms with E-state index in [9.17, 15) is 0 Å². The summed E-state index contributed by atoms with van der Waals surface area (Å²) in [6, 6.07) is 6.44. The molecule has 0 bridgehead atoms. The Morgan fingerprint density at radius 3 is 2.80 bits per heavy atom. The van der Waals surface area contributed by atoms with Gasteiger partial charge < -0.3 is 9.47 Å². The molecular weight excluding hydrogens is 250 g/mol. The van der Waals surface area contributed by atoms with E-state index in [1.807, 2.05) is 24.4 Å². The van der Waals surface area contributed by atoms with Crippen LogP contribution in [0.15, 0.2) is 23.2 Å². The molecule has 0 N–H and O–H groups in total. The van der Waals surface area contributed by atoms with E-state index in [4.69, 9.17) is 14.5 Å². The van der Waals surface area contributed by atoms with Crippen LogP contribution in [0.4, 0.5) is 0 Å². The molecule has 0 radical (unpaired) electrons. The van der Waals surface area contributed by atoms with Crippen molar-refractivity contribution in [2.24, 2.45) is 16.3 Å². The molecule has 3 heteroatoms. The van der Waals surface area contributed by atoms with Crippen LogP contribution in [0.2, 0.25) is 0 Å². The first-order valence-corrected chi connectivity index (χ1v) is 7.45. The largest absolute Gasteiger partial charge is 0.454 e. The summed E-state index contributed by atoms with van der Waals surface area (Å²) in [4.78, 5) is 4.80. The van der Waals surface area contributed by atoms with Crippen LogP contribution in [-0.2, 0) is 0 Å². The fraction of sp³-hybridized carbons (Fsp3) is 0.588. The molecule has 0 saturated heterocycles. The van der Waals surface area contributed by atoms with E-state index in [1.54, 1.807) is 0 Å². The fourth-order valence-electron chi connectivity index (χ4n) is 3.59. The van der Waals surface area contributed by atoms with Crippen molar-refractivity contribution in [1.29, 1.82) is 0 Å². The highest BCUT2D eigenvalue weighted by Gasteiger charge is 2.31. The van der Waals surface area contributed by atoms with Gasteiger partial charge in [-0.1, -0.05) is 20.8 Å². The predicted octanol–water partition coefficient (Wildman–Crippen LogP) is 4.05. The average molecular weight is 273 g/mol. The zero-order valence-corrected chi connectivity index (χ0v) is 12.6. The van der Waals surface area contributed by atoms with Gasteiger partial charge in [-0.25, -0.2) is 0 Å². The normalized spacial score (nSPS) is 27.9. The number of rotatable bonds is 2. The second-order valence-electron chi connectivity index (χ2n) is 6.96. The van der Waals surface area contributed by atoms with Crippen molar-refractivity contribution >= 4 is 6.21 Å². The molecule has 3 rings (SSSR count). The SMILES string of the molecule is C[C@@H]1C[C@H](N=Cc2ccc3c(c2)OCO3)CC(C)(C)C1. The van der Waals surface area contributed by atoms with E-state index in [0.717, 1.165) is 23.0 Å². The summed E-state index contributed by atoms with van der Waals surface area (Å²) in [5.74, 6) is 2.42. The summed E-state index contributed by atoms with van der Waals surface area (Å²) in [6.07, 6.45) is 5.67. The van der Waals surface area contributed by atoms with E-state index in [-0.39, 0.29) is 0 Å². The first-order chi connectivity index (χ1) is 9.52. The molecule has 0 aromatic heterocycles. The summed E-state index contributed by atoms with van der Waals surface area (Å²) in [5.41, 5.74) is 1.50. The third kappa shape index (κ3) is 2.97. The Kier molecular flexibility index (Phi) is 3.45. The number of hydrogen-bond donors (Lipinski definition) is 0. The summed E-state index contributed by atoms with van der Waals surface area (Å²) >= 11 is 0. The molecular formula is C17H23NO2. The molecule has 1 heterocycles. The molecule has 1 fully saturated rings. The van der Waals surface area contributed by atoms with Crippen molar-refractivity contribution in [2.45, 2.75) is 46.1 Å². The molecule has 108 valence electrons.